The van der Waals surface area contributed by atoms with Crippen LogP contribution in [0.4, 0.5) is 0 Å². The van der Waals surface area contributed by atoms with Crippen LogP contribution >= 0.6 is 11.8 Å². The summed E-state index contributed by atoms with van der Waals surface area (Å²) in [5.74, 6) is 0. The second-order valence-corrected chi connectivity index (χ2v) is 6.75. The summed E-state index contributed by atoms with van der Waals surface area (Å²) >= 11 is 1.77. The first-order valence-electron chi connectivity index (χ1n) is 7.75. The molecule has 1 aromatic carbocycles. The van der Waals surface area contributed by atoms with Gasteiger partial charge in [0, 0.05) is 31.1 Å². The van der Waals surface area contributed by atoms with Crippen LogP contribution in [0.2, 0.25) is 0 Å². The molecule has 1 atom stereocenters. The molecule has 0 amide bonds. The maximum atomic E-state index is 9.70. The van der Waals surface area contributed by atoms with Gasteiger partial charge < -0.3 is 5.11 Å². The van der Waals surface area contributed by atoms with Gasteiger partial charge in [-0.2, -0.15) is 5.10 Å². The Kier molecular flexibility index (Phi) is 4.86. The van der Waals surface area contributed by atoms with Gasteiger partial charge in [0.15, 0.2) is 0 Å². The van der Waals surface area contributed by atoms with Crippen molar-refractivity contribution in [3.63, 3.8) is 0 Å². The van der Waals surface area contributed by atoms with Gasteiger partial charge in [0.1, 0.15) is 0 Å². The third kappa shape index (κ3) is 3.54. The molecule has 1 aliphatic rings. The number of rotatable bonds is 4. The summed E-state index contributed by atoms with van der Waals surface area (Å²) in [4.78, 5) is 3.76. The van der Waals surface area contributed by atoms with Crippen LogP contribution in [0.25, 0.3) is 0 Å². The molecule has 0 bridgehead atoms. The minimum Gasteiger partial charge on any atom is -0.387 e. The number of hydrogen-bond acceptors (Lipinski definition) is 4. The van der Waals surface area contributed by atoms with E-state index in [-0.39, 0.29) is 0 Å². The number of nitrogens with zero attached hydrogens (tertiary/aromatic N) is 3. The second kappa shape index (κ2) is 6.86. The molecule has 22 heavy (non-hydrogen) atoms. The Labute approximate surface area is 136 Å². The van der Waals surface area contributed by atoms with Gasteiger partial charge in [0.05, 0.1) is 17.5 Å². The van der Waals surface area contributed by atoms with Crippen molar-refractivity contribution < 1.29 is 5.11 Å². The fraction of sp³-hybridized carbons (Fsp3) is 0.471. The number of aromatic nitrogens is 2. The molecule has 5 heteroatoms. The van der Waals surface area contributed by atoms with E-state index in [1.54, 1.807) is 18.7 Å². The van der Waals surface area contributed by atoms with Crippen molar-refractivity contribution in [2.75, 3.05) is 12.8 Å². The summed E-state index contributed by atoms with van der Waals surface area (Å²) < 4.78 is 2.05. The van der Waals surface area contributed by atoms with Gasteiger partial charge in [-0.25, -0.2) is 0 Å². The average molecular weight is 317 g/mol. The number of hydrogen-bond donors (Lipinski definition) is 1. The van der Waals surface area contributed by atoms with E-state index in [4.69, 9.17) is 0 Å². The van der Waals surface area contributed by atoms with Crippen LogP contribution in [-0.4, -0.2) is 32.6 Å². The molecule has 3 rings (SSSR count). The third-order valence-electron chi connectivity index (χ3n) is 4.11. The molecule has 2 aromatic rings. The molecule has 2 heterocycles. The second-order valence-electron chi connectivity index (χ2n) is 5.87. The standard InChI is InChI=1S/C17H23N3OS/c1-13(21)17-10-15-12-19(8-3-9-20(15)18-17)11-14-4-6-16(22-2)7-5-14/h4-7,10,13,21H,3,8-9,11-12H2,1-2H3/t13-/m1/s1. The highest BCUT2D eigenvalue weighted by atomic mass is 32.2. The summed E-state index contributed by atoms with van der Waals surface area (Å²) in [6.45, 7) is 5.64. The van der Waals surface area contributed by atoms with Crippen molar-refractivity contribution in [2.24, 2.45) is 0 Å². The lowest BCUT2D eigenvalue weighted by molar-refractivity contribution is 0.193. The van der Waals surface area contributed by atoms with Gasteiger partial charge in [-0.05, 0) is 43.4 Å². The van der Waals surface area contributed by atoms with Crippen LogP contribution < -0.4 is 0 Å². The van der Waals surface area contributed by atoms with E-state index < -0.39 is 6.10 Å². The molecular formula is C17H23N3OS. The summed E-state index contributed by atoms with van der Waals surface area (Å²) in [5.41, 5.74) is 3.33. The molecule has 0 radical (unpaired) electrons. The van der Waals surface area contributed by atoms with Crippen LogP contribution in [0.15, 0.2) is 35.2 Å². The zero-order valence-electron chi connectivity index (χ0n) is 13.2. The van der Waals surface area contributed by atoms with E-state index in [0.717, 1.165) is 38.3 Å². The summed E-state index contributed by atoms with van der Waals surface area (Å²) in [7, 11) is 0. The number of benzene rings is 1. The third-order valence-corrected chi connectivity index (χ3v) is 4.85. The predicted molar refractivity (Wildman–Crippen MR) is 89.8 cm³/mol. The number of aliphatic hydroxyl groups is 1. The molecule has 118 valence electrons. The van der Waals surface area contributed by atoms with E-state index in [1.807, 2.05) is 6.07 Å². The van der Waals surface area contributed by atoms with Gasteiger partial charge in [0.2, 0.25) is 0 Å². The fourth-order valence-electron chi connectivity index (χ4n) is 2.88. The molecule has 0 saturated carbocycles. The largest absolute Gasteiger partial charge is 0.387 e. The summed E-state index contributed by atoms with van der Waals surface area (Å²) in [6.07, 6.45) is 2.70. The Hall–Kier alpha value is -1.30. The van der Waals surface area contributed by atoms with Gasteiger partial charge in [-0.15, -0.1) is 11.8 Å². The molecule has 0 aliphatic carbocycles. The summed E-state index contributed by atoms with van der Waals surface area (Å²) in [5, 5.41) is 14.2. The lowest BCUT2D eigenvalue weighted by Gasteiger charge is -2.19. The SMILES string of the molecule is CSc1ccc(CN2CCCn3nc([C@@H](C)O)cc3C2)cc1. The molecule has 1 aromatic heterocycles. The molecule has 1 N–H and O–H groups in total. The Morgan fingerprint density at radius 2 is 2.05 bits per heavy atom. The van der Waals surface area contributed by atoms with Crippen molar-refractivity contribution in [1.29, 1.82) is 0 Å². The van der Waals surface area contributed by atoms with Gasteiger partial charge in [-0.3, -0.25) is 9.58 Å². The van der Waals surface area contributed by atoms with Crippen LogP contribution in [0, 0.1) is 0 Å². The molecule has 0 spiro atoms. The monoisotopic (exact) mass is 317 g/mol. The molecule has 4 nitrogen and oxygen atoms in total. The normalized spacial score (nSPS) is 17.0. The Bertz CT molecular complexity index is 621. The van der Waals surface area contributed by atoms with Crippen molar-refractivity contribution in [2.45, 2.75) is 44.0 Å². The number of aliphatic hydroxyl groups excluding tert-OH is 1. The van der Waals surface area contributed by atoms with E-state index in [1.165, 1.54) is 16.2 Å². The van der Waals surface area contributed by atoms with E-state index in [9.17, 15) is 5.11 Å². The summed E-state index contributed by atoms with van der Waals surface area (Å²) in [6, 6.07) is 10.9. The lowest BCUT2D eigenvalue weighted by atomic mass is 10.2. The number of fused-ring (bicyclic) bond motifs is 1. The Morgan fingerprint density at radius 3 is 2.73 bits per heavy atom. The molecule has 0 unspecified atom stereocenters. The van der Waals surface area contributed by atoms with Gasteiger partial charge >= 0.3 is 0 Å². The molecule has 1 aliphatic heterocycles. The Morgan fingerprint density at radius 1 is 1.27 bits per heavy atom. The molecule has 0 saturated heterocycles. The minimum absolute atomic E-state index is 0.494. The first-order chi connectivity index (χ1) is 10.7. The first-order valence-corrected chi connectivity index (χ1v) is 8.98. The first kappa shape index (κ1) is 15.6. The van der Waals surface area contributed by atoms with E-state index >= 15 is 0 Å². The maximum Gasteiger partial charge on any atom is 0.0950 e. The molecular weight excluding hydrogens is 294 g/mol. The maximum absolute atomic E-state index is 9.70. The fourth-order valence-corrected chi connectivity index (χ4v) is 3.29. The topological polar surface area (TPSA) is 41.3 Å². The van der Waals surface area contributed by atoms with Crippen molar-refractivity contribution in [3.05, 3.63) is 47.3 Å². The highest BCUT2D eigenvalue weighted by Crippen LogP contribution is 2.20. The van der Waals surface area contributed by atoms with Crippen LogP contribution in [0.5, 0.6) is 0 Å². The zero-order chi connectivity index (χ0) is 15.5. The van der Waals surface area contributed by atoms with Crippen LogP contribution in [-0.2, 0) is 19.6 Å². The highest BCUT2D eigenvalue weighted by molar-refractivity contribution is 7.98. The minimum atomic E-state index is -0.494. The van der Waals surface area contributed by atoms with Gasteiger partial charge in [0.25, 0.3) is 0 Å². The number of thioether (sulfide) groups is 1. The molecule has 0 fully saturated rings. The average Bonchev–Trinajstić information content (AvgIpc) is 2.82. The van der Waals surface area contributed by atoms with Gasteiger partial charge in [-0.1, -0.05) is 12.1 Å². The quantitative estimate of drug-likeness (QED) is 0.880. The van der Waals surface area contributed by atoms with Crippen LogP contribution in [0.1, 0.15) is 36.4 Å². The van der Waals surface area contributed by atoms with Crippen molar-refractivity contribution in [1.82, 2.24) is 14.7 Å². The van der Waals surface area contributed by atoms with Crippen molar-refractivity contribution in [3.8, 4) is 0 Å². The number of aryl methyl sites for hydroxylation is 1. The zero-order valence-corrected chi connectivity index (χ0v) is 14.0. The predicted octanol–water partition coefficient (Wildman–Crippen LogP) is 3.06. The van der Waals surface area contributed by atoms with Crippen LogP contribution in [0.3, 0.4) is 0 Å². The van der Waals surface area contributed by atoms with E-state index in [0.29, 0.717) is 0 Å². The van der Waals surface area contributed by atoms with E-state index in [2.05, 4.69) is 45.2 Å². The smallest absolute Gasteiger partial charge is 0.0950 e. The Balaban J connectivity index is 1.71. The highest BCUT2D eigenvalue weighted by Gasteiger charge is 2.18. The lowest BCUT2D eigenvalue weighted by Crippen LogP contribution is -2.22. The van der Waals surface area contributed by atoms with Crippen molar-refractivity contribution >= 4 is 11.8 Å².